The number of carboxylic acids is 1. The van der Waals surface area contributed by atoms with E-state index in [1.807, 2.05) is 61.5 Å². The van der Waals surface area contributed by atoms with Gasteiger partial charge in [-0.15, -0.1) is 0 Å². The average Bonchev–Trinajstić information content (AvgIpc) is 2.80. The number of aromatic carboxylic acids is 1. The number of carboxylic acid groups (broad SMARTS) is 1. The Labute approximate surface area is 188 Å². The third-order valence-electron chi connectivity index (χ3n) is 5.07. The van der Waals surface area contributed by atoms with E-state index < -0.39 is 16.0 Å². The van der Waals surface area contributed by atoms with Gasteiger partial charge in [-0.05, 0) is 54.8 Å². The van der Waals surface area contributed by atoms with Crippen molar-refractivity contribution in [2.75, 3.05) is 19.0 Å². The molecule has 0 amide bonds. The van der Waals surface area contributed by atoms with E-state index in [2.05, 4.69) is 10.0 Å². The van der Waals surface area contributed by atoms with Crippen molar-refractivity contribution >= 4 is 21.7 Å². The van der Waals surface area contributed by atoms with E-state index in [1.54, 1.807) is 7.11 Å². The van der Waals surface area contributed by atoms with E-state index in [4.69, 9.17) is 4.74 Å². The number of hydrogen-bond donors (Lipinski definition) is 3. The number of anilines is 1. The molecule has 7 nitrogen and oxygen atoms in total. The molecular weight excluding hydrogens is 428 g/mol. The Hall–Kier alpha value is -3.36. The highest BCUT2D eigenvalue weighted by Crippen LogP contribution is 2.25. The first-order valence-corrected chi connectivity index (χ1v) is 11.6. The lowest BCUT2D eigenvalue weighted by atomic mass is 10.1. The fourth-order valence-electron chi connectivity index (χ4n) is 3.26. The maximum atomic E-state index is 12.7. The molecule has 168 valence electrons. The van der Waals surface area contributed by atoms with Crippen LogP contribution in [0.1, 0.15) is 34.5 Å². The van der Waals surface area contributed by atoms with Gasteiger partial charge in [0.1, 0.15) is 5.75 Å². The van der Waals surface area contributed by atoms with Gasteiger partial charge >= 0.3 is 5.97 Å². The molecule has 8 heteroatoms. The molecule has 0 aliphatic carbocycles. The second-order valence-electron chi connectivity index (χ2n) is 7.29. The predicted octanol–water partition coefficient (Wildman–Crippen LogP) is 4.09. The summed E-state index contributed by atoms with van der Waals surface area (Å²) in [4.78, 5) is 11.7. The summed E-state index contributed by atoms with van der Waals surface area (Å²) >= 11 is 0. The van der Waals surface area contributed by atoms with E-state index >= 15 is 0 Å². The van der Waals surface area contributed by atoms with Gasteiger partial charge in [0.25, 0.3) is 0 Å². The topological polar surface area (TPSA) is 105 Å². The highest BCUT2D eigenvalue weighted by atomic mass is 32.2. The van der Waals surface area contributed by atoms with Gasteiger partial charge in [0.15, 0.2) is 0 Å². The SMILES string of the molecule is COc1ccc(CCNS(=O)(=O)c2ccc(N[C@H](C)c3ccccc3)c(C(=O)O)c2)cc1. The highest BCUT2D eigenvalue weighted by molar-refractivity contribution is 7.89. The van der Waals surface area contributed by atoms with Crippen LogP contribution >= 0.6 is 0 Å². The quantitative estimate of drug-likeness (QED) is 0.426. The normalized spacial score (nSPS) is 12.2. The van der Waals surface area contributed by atoms with Crippen LogP contribution in [0.2, 0.25) is 0 Å². The zero-order valence-electron chi connectivity index (χ0n) is 17.9. The van der Waals surface area contributed by atoms with Gasteiger partial charge in [0.2, 0.25) is 10.0 Å². The Bertz CT molecular complexity index is 1160. The Balaban J connectivity index is 1.72. The number of hydrogen-bond acceptors (Lipinski definition) is 5. The van der Waals surface area contributed by atoms with Crippen LogP contribution in [0, 0.1) is 0 Å². The third-order valence-corrected chi connectivity index (χ3v) is 6.53. The molecule has 0 aliphatic rings. The van der Waals surface area contributed by atoms with Crippen molar-refractivity contribution in [1.29, 1.82) is 0 Å². The molecule has 0 radical (unpaired) electrons. The number of sulfonamides is 1. The van der Waals surface area contributed by atoms with Crippen LogP contribution in [-0.2, 0) is 16.4 Å². The smallest absolute Gasteiger partial charge is 0.337 e. The summed E-state index contributed by atoms with van der Waals surface area (Å²) in [6.07, 6.45) is 0.489. The lowest BCUT2D eigenvalue weighted by Gasteiger charge is -2.18. The second kappa shape index (κ2) is 10.3. The standard InChI is InChI=1S/C24H26N2O5S/c1-17(19-6-4-3-5-7-19)26-23-13-12-21(16-22(23)24(27)28)32(29,30)25-15-14-18-8-10-20(31-2)11-9-18/h3-13,16-17,25-26H,14-15H2,1-2H3,(H,27,28)/t17-/m1/s1. The molecule has 3 N–H and O–H groups in total. The van der Waals surface area contributed by atoms with Crippen LogP contribution < -0.4 is 14.8 Å². The van der Waals surface area contributed by atoms with Gasteiger partial charge in [-0.25, -0.2) is 17.9 Å². The van der Waals surface area contributed by atoms with E-state index in [0.717, 1.165) is 16.9 Å². The first kappa shape index (κ1) is 23.3. The van der Waals surface area contributed by atoms with E-state index in [0.29, 0.717) is 12.1 Å². The lowest BCUT2D eigenvalue weighted by Crippen LogP contribution is -2.26. The average molecular weight is 455 g/mol. The van der Waals surface area contributed by atoms with Gasteiger partial charge in [-0.1, -0.05) is 42.5 Å². The maximum Gasteiger partial charge on any atom is 0.337 e. The fraction of sp³-hybridized carbons (Fsp3) is 0.208. The summed E-state index contributed by atoms with van der Waals surface area (Å²) in [5.74, 6) is -0.478. The summed E-state index contributed by atoms with van der Waals surface area (Å²) in [5, 5.41) is 12.8. The molecule has 3 aromatic rings. The lowest BCUT2D eigenvalue weighted by molar-refractivity contribution is 0.0697. The summed E-state index contributed by atoms with van der Waals surface area (Å²) < 4.78 is 33.1. The molecule has 3 aromatic carbocycles. The first-order valence-electron chi connectivity index (χ1n) is 10.1. The predicted molar refractivity (Wildman–Crippen MR) is 124 cm³/mol. The Morgan fingerprint density at radius 3 is 2.34 bits per heavy atom. The van der Waals surface area contributed by atoms with Gasteiger partial charge in [0, 0.05) is 18.3 Å². The number of methoxy groups -OCH3 is 1. The minimum Gasteiger partial charge on any atom is -0.497 e. The summed E-state index contributed by atoms with van der Waals surface area (Å²) in [6, 6.07) is 20.8. The second-order valence-corrected chi connectivity index (χ2v) is 9.05. The minimum atomic E-state index is -3.86. The molecular formula is C24H26N2O5S. The Morgan fingerprint density at radius 2 is 1.72 bits per heavy atom. The molecule has 0 heterocycles. The minimum absolute atomic E-state index is 0.0949. The van der Waals surface area contributed by atoms with Crippen molar-refractivity contribution in [3.8, 4) is 5.75 Å². The van der Waals surface area contributed by atoms with Gasteiger partial charge in [-0.2, -0.15) is 0 Å². The molecule has 0 aromatic heterocycles. The molecule has 3 rings (SSSR count). The maximum absolute atomic E-state index is 12.7. The monoisotopic (exact) mass is 454 g/mol. The molecule has 0 aliphatic heterocycles. The van der Waals surface area contributed by atoms with Crippen molar-refractivity contribution in [2.45, 2.75) is 24.3 Å². The number of ether oxygens (including phenoxy) is 1. The van der Waals surface area contributed by atoms with Crippen molar-refractivity contribution in [1.82, 2.24) is 4.72 Å². The van der Waals surface area contributed by atoms with E-state index in [-0.39, 0.29) is 23.0 Å². The van der Waals surface area contributed by atoms with Gasteiger partial charge in [-0.3, -0.25) is 0 Å². The summed E-state index contributed by atoms with van der Waals surface area (Å²) in [5.41, 5.74) is 2.19. The molecule has 0 saturated carbocycles. The van der Waals surface area contributed by atoms with Crippen LogP contribution in [0.15, 0.2) is 77.7 Å². The third kappa shape index (κ3) is 5.87. The van der Waals surface area contributed by atoms with Crippen molar-refractivity contribution in [3.05, 3.63) is 89.5 Å². The highest BCUT2D eigenvalue weighted by Gasteiger charge is 2.20. The van der Waals surface area contributed by atoms with Crippen LogP contribution in [0.3, 0.4) is 0 Å². The zero-order valence-corrected chi connectivity index (χ0v) is 18.7. The van der Waals surface area contributed by atoms with Crippen molar-refractivity contribution < 1.29 is 23.1 Å². The van der Waals surface area contributed by atoms with Gasteiger partial charge < -0.3 is 15.2 Å². The van der Waals surface area contributed by atoms with Crippen LogP contribution in [-0.4, -0.2) is 33.1 Å². The fourth-order valence-corrected chi connectivity index (χ4v) is 4.31. The van der Waals surface area contributed by atoms with Crippen molar-refractivity contribution in [2.24, 2.45) is 0 Å². The molecule has 0 saturated heterocycles. The number of carbonyl (C=O) groups is 1. The van der Waals surface area contributed by atoms with Crippen LogP contribution in [0.25, 0.3) is 0 Å². The Morgan fingerprint density at radius 1 is 1.03 bits per heavy atom. The number of benzene rings is 3. The van der Waals surface area contributed by atoms with Gasteiger partial charge in [0.05, 0.1) is 17.6 Å². The number of rotatable bonds is 10. The van der Waals surface area contributed by atoms with E-state index in [1.165, 1.54) is 18.2 Å². The van der Waals surface area contributed by atoms with Crippen LogP contribution in [0.5, 0.6) is 5.75 Å². The summed E-state index contributed by atoms with van der Waals surface area (Å²) in [6.45, 7) is 2.09. The molecule has 32 heavy (non-hydrogen) atoms. The first-order chi connectivity index (χ1) is 15.3. The Kier molecular flexibility index (Phi) is 7.50. The van der Waals surface area contributed by atoms with E-state index in [9.17, 15) is 18.3 Å². The molecule has 0 spiro atoms. The molecule has 0 fully saturated rings. The molecule has 0 bridgehead atoms. The number of nitrogens with one attached hydrogen (secondary N) is 2. The molecule has 0 unspecified atom stereocenters. The largest absolute Gasteiger partial charge is 0.497 e. The van der Waals surface area contributed by atoms with Crippen molar-refractivity contribution in [3.63, 3.8) is 0 Å². The zero-order chi connectivity index (χ0) is 23.1. The van der Waals surface area contributed by atoms with Crippen LogP contribution in [0.4, 0.5) is 5.69 Å². The summed E-state index contributed by atoms with van der Waals surface area (Å²) in [7, 11) is -2.28. The molecule has 1 atom stereocenters.